The average molecular weight is 465 g/mol. The number of ether oxygens (including phenoxy) is 1. The predicted octanol–water partition coefficient (Wildman–Crippen LogP) is 4.63. The van der Waals surface area contributed by atoms with E-state index in [9.17, 15) is 22.0 Å². The van der Waals surface area contributed by atoms with Crippen molar-refractivity contribution in [2.45, 2.75) is 24.3 Å². The Hall–Kier alpha value is -1.94. The van der Waals surface area contributed by atoms with Gasteiger partial charge in [-0.05, 0) is 49.2 Å². The molecule has 2 aromatic carbocycles. The van der Waals surface area contributed by atoms with Crippen molar-refractivity contribution in [2.75, 3.05) is 18.4 Å². The summed E-state index contributed by atoms with van der Waals surface area (Å²) in [7, 11) is -3.72. The standard InChI is InChI=1S/C18H16Cl2F2N2O4S/c19-14-5-4-12(29(26,27)24-7-1-2-8-24)10-13(14)17(25)23-11-3-6-16(15(20)9-11)28-18(21)22/h3-6,9-10,18H,1-2,7-8H2,(H,23,25). The second kappa shape index (κ2) is 8.83. The second-order valence-corrected chi connectivity index (χ2v) is 8.98. The summed E-state index contributed by atoms with van der Waals surface area (Å²) >= 11 is 12.0. The van der Waals surface area contributed by atoms with E-state index in [1.165, 1.54) is 40.7 Å². The molecule has 156 valence electrons. The number of nitrogens with one attached hydrogen (secondary N) is 1. The number of hydrogen-bond acceptors (Lipinski definition) is 4. The summed E-state index contributed by atoms with van der Waals surface area (Å²) in [5.41, 5.74) is 0.154. The van der Waals surface area contributed by atoms with Gasteiger partial charge in [0.1, 0.15) is 5.75 Å². The number of hydrogen-bond donors (Lipinski definition) is 1. The van der Waals surface area contributed by atoms with E-state index in [-0.39, 0.29) is 31.9 Å². The molecular formula is C18H16Cl2F2N2O4S. The van der Waals surface area contributed by atoms with Crippen LogP contribution < -0.4 is 10.1 Å². The van der Waals surface area contributed by atoms with Crippen molar-refractivity contribution in [1.82, 2.24) is 4.31 Å². The number of carbonyl (C=O) groups is 1. The topological polar surface area (TPSA) is 75.7 Å². The third kappa shape index (κ3) is 4.98. The van der Waals surface area contributed by atoms with E-state index in [0.29, 0.717) is 13.1 Å². The van der Waals surface area contributed by atoms with Crippen molar-refractivity contribution in [3.8, 4) is 5.75 Å². The van der Waals surface area contributed by atoms with E-state index in [1.54, 1.807) is 0 Å². The number of benzene rings is 2. The quantitative estimate of drug-likeness (QED) is 0.675. The molecule has 2 aromatic rings. The lowest BCUT2D eigenvalue weighted by Gasteiger charge is -2.16. The van der Waals surface area contributed by atoms with Crippen LogP contribution in [0.15, 0.2) is 41.3 Å². The summed E-state index contributed by atoms with van der Waals surface area (Å²) in [4.78, 5) is 12.6. The number of alkyl halides is 2. The largest absolute Gasteiger partial charge is 0.433 e. The van der Waals surface area contributed by atoms with Crippen LogP contribution in [-0.2, 0) is 10.0 Å². The maximum absolute atomic E-state index is 12.7. The van der Waals surface area contributed by atoms with Crippen molar-refractivity contribution in [3.63, 3.8) is 0 Å². The van der Waals surface area contributed by atoms with Crippen molar-refractivity contribution < 1.29 is 26.7 Å². The molecule has 29 heavy (non-hydrogen) atoms. The third-order valence-corrected chi connectivity index (χ3v) is 6.81. The minimum atomic E-state index is -3.72. The summed E-state index contributed by atoms with van der Waals surface area (Å²) in [6.07, 6.45) is 1.57. The van der Waals surface area contributed by atoms with Crippen LogP contribution in [0.2, 0.25) is 10.0 Å². The monoisotopic (exact) mass is 464 g/mol. The molecule has 11 heteroatoms. The van der Waals surface area contributed by atoms with Gasteiger partial charge in [0.2, 0.25) is 10.0 Å². The van der Waals surface area contributed by atoms with Crippen LogP contribution >= 0.6 is 23.2 Å². The van der Waals surface area contributed by atoms with E-state index < -0.39 is 22.5 Å². The number of anilines is 1. The van der Waals surface area contributed by atoms with Crippen molar-refractivity contribution in [3.05, 3.63) is 52.0 Å². The molecule has 1 saturated heterocycles. The van der Waals surface area contributed by atoms with Crippen LogP contribution in [0.25, 0.3) is 0 Å². The Morgan fingerprint density at radius 3 is 2.38 bits per heavy atom. The molecular weight excluding hydrogens is 449 g/mol. The number of amides is 1. The number of rotatable bonds is 6. The first-order valence-corrected chi connectivity index (χ1v) is 10.7. The number of carbonyl (C=O) groups excluding carboxylic acids is 1. The molecule has 1 aliphatic rings. The molecule has 0 aliphatic carbocycles. The Kier molecular flexibility index (Phi) is 6.62. The van der Waals surface area contributed by atoms with Gasteiger partial charge in [0, 0.05) is 18.8 Å². The fourth-order valence-electron chi connectivity index (χ4n) is 2.88. The van der Waals surface area contributed by atoms with Gasteiger partial charge >= 0.3 is 6.61 Å². The molecule has 0 atom stereocenters. The predicted molar refractivity (Wildman–Crippen MR) is 105 cm³/mol. The third-order valence-electron chi connectivity index (χ3n) is 4.29. The minimum Gasteiger partial charge on any atom is -0.433 e. The molecule has 1 fully saturated rings. The van der Waals surface area contributed by atoms with Crippen LogP contribution in [0.5, 0.6) is 5.75 Å². The van der Waals surface area contributed by atoms with Crippen molar-refractivity contribution >= 4 is 44.8 Å². The Balaban J connectivity index is 1.83. The molecule has 0 aromatic heterocycles. The Morgan fingerprint density at radius 2 is 1.76 bits per heavy atom. The fraction of sp³-hybridized carbons (Fsp3) is 0.278. The van der Waals surface area contributed by atoms with E-state index in [2.05, 4.69) is 10.1 Å². The van der Waals surface area contributed by atoms with Gasteiger partial charge in [-0.2, -0.15) is 13.1 Å². The number of nitrogens with zero attached hydrogens (tertiary/aromatic N) is 1. The maximum Gasteiger partial charge on any atom is 0.387 e. The molecule has 0 spiro atoms. The zero-order valence-corrected chi connectivity index (χ0v) is 17.2. The summed E-state index contributed by atoms with van der Waals surface area (Å²) < 4.78 is 55.6. The molecule has 6 nitrogen and oxygen atoms in total. The van der Waals surface area contributed by atoms with Crippen LogP contribution in [-0.4, -0.2) is 38.3 Å². The molecule has 0 radical (unpaired) electrons. The molecule has 1 aliphatic heterocycles. The van der Waals surface area contributed by atoms with Gasteiger partial charge in [0.15, 0.2) is 0 Å². The van der Waals surface area contributed by atoms with Gasteiger partial charge in [0.25, 0.3) is 5.91 Å². The van der Waals surface area contributed by atoms with Gasteiger partial charge in [-0.3, -0.25) is 4.79 Å². The Bertz CT molecular complexity index is 1030. The summed E-state index contributed by atoms with van der Waals surface area (Å²) in [5, 5.41) is 2.45. The minimum absolute atomic E-state index is 0.0346. The Morgan fingerprint density at radius 1 is 1.07 bits per heavy atom. The maximum atomic E-state index is 12.7. The summed E-state index contributed by atoms with van der Waals surface area (Å²) in [5.74, 6) is -0.913. The molecule has 3 rings (SSSR count). The number of sulfonamides is 1. The van der Waals surface area contributed by atoms with E-state index in [1.807, 2.05) is 0 Å². The van der Waals surface area contributed by atoms with Gasteiger partial charge in [0.05, 0.1) is 20.5 Å². The molecule has 1 N–H and O–H groups in total. The number of halogens is 4. The molecule has 0 unspecified atom stereocenters. The lowest BCUT2D eigenvalue weighted by Crippen LogP contribution is -2.28. The fourth-order valence-corrected chi connectivity index (χ4v) is 4.86. The molecule has 1 heterocycles. The van der Waals surface area contributed by atoms with Crippen molar-refractivity contribution in [2.24, 2.45) is 0 Å². The molecule has 1 amide bonds. The first kappa shape index (κ1) is 21.8. The zero-order chi connectivity index (χ0) is 21.2. The highest BCUT2D eigenvalue weighted by atomic mass is 35.5. The average Bonchev–Trinajstić information content (AvgIpc) is 3.19. The van der Waals surface area contributed by atoms with E-state index in [0.717, 1.165) is 12.8 Å². The first-order valence-electron chi connectivity index (χ1n) is 8.54. The second-order valence-electron chi connectivity index (χ2n) is 6.23. The van der Waals surface area contributed by atoms with E-state index >= 15 is 0 Å². The van der Waals surface area contributed by atoms with Gasteiger partial charge in [-0.1, -0.05) is 23.2 Å². The van der Waals surface area contributed by atoms with Gasteiger partial charge < -0.3 is 10.1 Å². The smallest absolute Gasteiger partial charge is 0.387 e. The van der Waals surface area contributed by atoms with E-state index in [4.69, 9.17) is 23.2 Å². The highest BCUT2D eigenvalue weighted by molar-refractivity contribution is 7.89. The normalized spacial score (nSPS) is 14.9. The van der Waals surface area contributed by atoms with Crippen LogP contribution in [0.3, 0.4) is 0 Å². The van der Waals surface area contributed by atoms with Gasteiger partial charge in [-0.25, -0.2) is 8.42 Å². The highest BCUT2D eigenvalue weighted by Gasteiger charge is 2.28. The Labute approximate surface area is 176 Å². The van der Waals surface area contributed by atoms with Crippen LogP contribution in [0, 0.1) is 0 Å². The lowest BCUT2D eigenvalue weighted by molar-refractivity contribution is -0.0497. The SMILES string of the molecule is O=C(Nc1ccc(OC(F)F)c(Cl)c1)c1cc(S(=O)(=O)N2CCCC2)ccc1Cl. The molecule has 0 saturated carbocycles. The summed E-state index contributed by atoms with van der Waals surface area (Å²) in [6, 6.07) is 7.63. The zero-order valence-electron chi connectivity index (χ0n) is 14.9. The van der Waals surface area contributed by atoms with Crippen molar-refractivity contribution in [1.29, 1.82) is 0 Å². The van der Waals surface area contributed by atoms with Gasteiger partial charge in [-0.15, -0.1) is 0 Å². The summed E-state index contributed by atoms with van der Waals surface area (Å²) in [6.45, 7) is -2.18. The molecule has 0 bridgehead atoms. The highest BCUT2D eigenvalue weighted by Crippen LogP contribution is 2.30. The lowest BCUT2D eigenvalue weighted by atomic mass is 10.2. The van der Waals surface area contributed by atoms with Crippen LogP contribution in [0.4, 0.5) is 14.5 Å². The van der Waals surface area contributed by atoms with Crippen LogP contribution in [0.1, 0.15) is 23.2 Å². The first-order chi connectivity index (χ1) is 13.7.